The number of likely N-dealkylation sites (tertiary alicyclic amines) is 1. The monoisotopic (exact) mass is 481 g/mol. The first-order chi connectivity index (χ1) is 16.2. The minimum absolute atomic E-state index is 0.0873. The molecule has 1 fully saturated rings. The molecule has 1 aliphatic rings. The molecule has 0 bridgehead atoms. The summed E-state index contributed by atoms with van der Waals surface area (Å²) >= 11 is 0. The van der Waals surface area contributed by atoms with E-state index < -0.39 is 15.9 Å². The number of primary sulfonamides is 1. The van der Waals surface area contributed by atoms with E-state index in [9.17, 15) is 18.0 Å². The fourth-order valence-electron chi connectivity index (χ4n) is 4.21. The number of hydrogen-bond donors (Lipinski definition) is 3. The highest BCUT2D eigenvalue weighted by Crippen LogP contribution is 2.31. The standard InChI is InChI=1S/C24H27N5O4S/c1-28-13-3-7-21(28)22-8-4-14-29(22)16-23(30)26-18-11-9-17(10-12-18)24(31)27-19-5-2-6-20(15-19)34(25,32)33/h2-3,5-7,9-13,15,22H,4,8,14,16H2,1H3,(H,26,30)(H,27,31)(H2,25,32,33). The van der Waals surface area contributed by atoms with Crippen LogP contribution in [0.1, 0.15) is 34.9 Å². The maximum Gasteiger partial charge on any atom is 0.255 e. The molecule has 0 radical (unpaired) electrons. The molecule has 2 aromatic carbocycles. The first-order valence-electron chi connectivity index (χ1n) is 10.9. The Balaban J connectivity index is 1.35. The average Bonchev–Trinajstić information content (AvgIpc) is 3.42. The molecule has 2 amide bonds. The Kier molecular flexibility index (Phi) is 6.82. The first-order valence-corrected chi connectivity index (χ1v) is 12.4. The van der Waals surface area contributed by atoms with Gasteiger partial charge in [0.1, 0.15) is 0 Å². The van der Waals surface area contributed by atoms with E-state index >= 15 is 0 Å². The van der Waals surface area contributed by atoms with E-state index in [0.29, 0.717) is 23.5 Å². The smallest absolute Gasteiger partial charge is 0.255 e. The minimum Gasteiger partial charge on any atom is -0.353 e. The highest BCUT2D eigenvalue weighted by atomic mass is 32.2. The summed E-state index contributed by atoms with van der Waals surface area (Å²) in [5, 5.41) is 10.7. The van der Waals surface area contributed by atoms with Gasteiger partial charge in [-0.15, -0.1) is 0 Å². The Hall–Kier alpha value is -3.47. The summed E-state index contributed by atoms with van der Waals surface area (Å²) in [5.74, 6) is -0.523. The largest absolute Gasteiger partial charge is 0.353 e. The summed E-state index contributed by atoms with van der Waals surface area (Å²) in [6, 6.07) is 16.6. The molecule has 4 N–H and O–H groups in total. The van der Waals surface area contributed by atoms with Crippen molar-refractivity contribution in [1.29, 1.82) is 0 Å². The van der Waals surface area contributed by atoms with Gasteiger partial charge in [-0.05, 0) is 74.0 Å². The summed E-state index contributed by atoms with van der Waals surface area (Å²) in [4.78, 5) is 27.3. The third-order valence-corrected chi connectivity index (χ3v) is 6.80. The topological polar surface area (TPSA) is 127 Å². The molecule has 1 aliphatic heterocycles. The molecule has 4 rings (SSSR count). The maximum absolute atomic E-state index is 12.6. The molecule has 0 saturated carbocycles. The van der Waals surface area contributed by atoms with E-state index in [-0.39, 0.29) is 16.8 Å². The van der Waals surface area contributed by atoms with Crippen LogP contribution in [-0.4, -0.2) is 42.8 Å². The second kappa shape index (κ2) is 9.80. The normalized spacial score (nSPS) is 16.4. The SMILES string of the molecule is Cn1cccc1C1CCCN1CC(=O)Nc1ccc(C(=O)Nc2cccc(S(N)(=O)=O)c2)cc1. The molecule has 2 heterocycles. The lowest BCUT2D eigenvalue weighted by Gasteiger charge is -2.24. The zero-order chi connectivity index (χ0) is 24.3. The Labute approximate surface area is 198 Å². The van der Waals surface area contributed by atoms with Gasteiger partial charge >= 0.3 is 0 Å². The predicted octanol–water partition coefficient (Wildman–Crippen LogP) is 2.70. The van der Waals surface area contributed by atoms with E-state index in [1.54, 1.807) is 30.3 Å². The average molecular weight is 482 g/mol. The highest BCUT2D eigenvalue weighted by molar-refractivity contribution is 7.89. The van der Waals surface area contributed by atoms with Crippen molar-refractivity contribution < 1.29 is 18.0 Å². The number of nitrogens with two attached hydrogens (primary N) is 1. The van der Waals surface area contributed by atoms with Crippen LogP contribution in [0, 0.1) is 0 Å². The Morgan fingerprint density at radius 3 is 2.47 bits per heavy atom. The number of aryl methyl sites for hydroxylation is 1. The number of sulfonamides is 1. The number of carbonyl (C=O) groups excluding carboxylic acids is 2. The van der Waals surface area contributed by atoms with Crippen LogP contribution in [0.2, 0.25) is 0 Å². The third kappa shape index (κ3) is 5.53. The molecule has 34 heavy (non-hydrogen) atoms. The van der Waals surface area contributed by atoms with Gasteiger partial charge in [-0.3, -0.25) is 14.5 Å². The van der Waals surface area contributed by atoms with Gasteiger partial charge in [0, 0.05) is 35.9 Å². The first kappa shape index (κ1) is 23.7. The molecule has 10 heteroatoms. The van der Waals surface area contributed by atoms with Crippen molar-refractivity contribution in [3.8, 4) is 0 Å². The Morgan fingerprint density at radius 2 is 1.79 bits per heavy atom. The Morgan fingerprint density at radius 1 is 1.03 bits per heavy atom. The van der Waals surface area contributed by atoms with Crippen LogP contribution in [0.4, 0.5) is 11.4 Å². The summed E-state index contributed by atoms with van der Waals surface area (Å²) in [6.07, 6.45) is 4.09. The van der Waals surface area contributed by atoms with Crippen LogP contribution in [-0.2, 0) is 21.9 Å². The third-order valence-electron chi connectivity index (χ3n) is 5.89. The van der Waals surface area contributed by atoms with Gasteiger partial charge in [0.05, 0.1) is 17.5 Å². The van der Waals surface area contributed by atoms with Crippen molar-refractivity contribution in [2.45, 2.75) is 23.8 Å². The number of anilines is 2. The van der Waals surface area contributed by atoms with E-state index in [1.807, 2.05) is 19.3 Å². The number of benzene rings is 2. The molecule has 9 nitrogen and oxygen atoms in total. The lowest BCUT2D eigenvalue weighted by Crippen LogP contribution is -2.33. The van der Waals surface area contributed by atoms with Gasteiger partial charge in [-0.25, -0.2) is 13.6 Å². The van der Waals surface area contributed by atoms with Crippen molar-refractivity contribution in [3.05, 3.63) is 78.1 Å². The fraction of sp³-hybridized carbons (Fsp3) is 0.250. The van der Waals surface area contributed by atoms with Gasteiger partial charge in [-0.2, -0.15) is 0 Å². The number of amides is 2. The molecule has 1 saturated heterocycles. The van der Waals surface area contributed by atoms with Crippen molar-refractivity contribution in [3.63, 3.8) is 0 Å². The summed E-state index contributed by atoms with van der Waals surface area (Å²) in [6.45, 7) is 1.16. The van der Waals surface area contributed by atoms with E-state index in [2.05, 4.69) is 26.2 Å². The van der Waals surface area contributed by atoms with Gasteiger partial charge in [0.15, 0.2) is 0 Å². The molecule has 1 aromatic heterocycles. The van der Waals surface area contributed by atoms with Gasteiger partial charge in [-0.1, -0.05) is 6.07 Å². The zero-order valence-electron chi connectivity index (χ0n) is 18.8. The summed E-state index contributed by atoms with van der Waals surface area (Å²) < 4.78 is 25.1. The van der Waals surface area contributed by atoms with Crippen LogP contribution >= 0.6 is 0 Å². The lowest BCUT2D eigenvalue weighted by molar-refractivity contribution is -0.117. The minimum atomic E-state index is -3.87. The molecular weight excluding hydrogens is 454 g/mol. The van der Waals surface area contributed by atoms with Crippen LogP contribution in [0.15, 0.2) is 71.8 Å². The summed E-state index contributed by atoms with van der Waals surface area (Å²) in [5.41, 5.74) is 2.47. The predicted molar refractivity (Wildman–Crippen MR) is 130 cm³/mol. The molecule has 0 spiro atoms. The molecular formula is C24H27N5O4S. The van der Waals surface area contributed by atoms with Crippen molar-refractivity contribution in [1.82, 2.24) is 9.47 Å². The van der Waals surface area contributed by atoms with Crippen LogP contribution < -0.4 is 15.8 Å². The van der Waals surface area contributed by atoms with Crippen LogP contribution in [0.5, 0.6) is 0 Å². The number of hydrogen-bond acceptors (Lipinski definition) is 5. The zero-order valence-corrected chi connectivity index (χ0v) is 19.6. The van der Waals surface area contributed by atoms with Crippen LogP contribution in [0.3, 0.4) is 0 Å². The van der Waals surface area contributed by atoms with Crippen molar-refractivity contribution >= 4 is 33.2 Å². The fourth-order valence-corrected chi connectivity index (χ4v) is 4.77. The number of rotatable bonds is 7. The van der Waals surface area contributed by atoms with E-state index in [1.165, 1.54) is 23.9 Å². The summed E-state index contributed by atoms with van der Waals surface area (Å²) in [7, 11) is -1.85. The quantitative estimate of drug-likeness (QED) is 0.478. The second-order valence-electron chi connectivity index (χ2n) is 8.32. The van der Waals surface area contributed by atoms with Gasteiger partial charge < -0.3 is 15.2 Å². The van der Waals surface area contributed by atoms with Crippen molar-refractivity contribution in [2.24, 2.45) is 12.2 Å². The molecule has 1 atom stereocenters. The lowest BCUT2D eigenvalue weighted by atomic mass is 10.1. The number of carbonyl (C=O) groups is 2. The highest BCUT2D eigenvalue weighted by Gasteiger charge is 2.29. The van der Waals surface area contributed by atoms with Crippen LogP contribution in [0.25, 0.3) is 0 Å². The molecule has 178 valence electrons. The number of nitrogens with one attached hydrogen (secondary N) is 2. The number of nitrogens with zero attached hydrogens (tertiary/aromatic N) is 2. The van der Waals surface area contributed by atoms with Gasteiger partial charge in [0.2, 0.25) is 15.9 Å². The molecule has 1 unspecified atom stereocenters. The van der Waals surface area contributed by atoms with E-state index in [0.717, 1.165) is 19.4 Å². The second-order valence-corrected chi connectivity index (χ2v) is 9.89. The molecule has 3 aromatic rings. The van der Waals surface area contributed by atoms with E-state index in [4.69, 9.17) is 5.14 Å². The molecule has 0 aliphatic carbocycles. The Bertz CT molecular complexity index is 1300. The number of aromatic nitrogens is 1. The van der Waals surface area contributed by atoms with Crippen molar-refractivity contribution in [2.75, 3.05) is 23.7 Å². The maximum atomic E-state index is 12.6. The van der Waals surface area contributed by atoms with Gasteiger partial charge in [0.25, 0.3) is 5.91 Å².